The summed E-state index contributed by atoms with van der Waals surface area (Å²) in [5, 5.41) is 3.52. The molecular formula is C22H31NO2. The van der Waals surface area contributed by atoms with Gasteiger partial charge in [0.05, 0.1) is 13.2 Å². The van der Waals surface area contributed by atoms with Gasteiger partial charge in [-0.1, -0.05) is 58.0 Å². The zero-order chi connectivity index (χ0) is 18.1. The Labute approximate surface area is 152 Å². The molecule has 2 aromatic carbocycles. The van der Waals surface area contributed by atoms with E-state index >= 15 is 0 Å². The third-order valence-electron chi connectivity index (χ3n) is 3.72. The molecule has 136 valence electrons. The fraction of sp³-hybridized carbons (Fsp3) is 0.455. The van der Waals surface area contributed by atoms with Crippen LogP contribution in [-0.2, 0) is 17.9 Å². The quantitative estimate of drug-likeness (QED) is 0.618. The van der Waals surface area contributed by atoms with Gasteiger partial charge in [0, 0.05) is 24.4 Å². The van der Waals surface area contributed by atoms with Crippen LogP contribution < -0.4 is 10.1 Å². The van der Waals surface area contributed by atoms with Gasteiger partial charge < -0.3 is 14.8 Å². The Morgan fingerprint density at radius 1 is 0.840 bits per heavy atom. The Bertz CT molecular complexity index is 620. The second-order valence-corrected chi connectivity index (χ2v) is 7.27. The SMILES string of the molecule is CC(C)COCc1ccccc1NCc1ccc(OCC(C)C)cc1. The van der Waals surface area contributed by atoms with Crippen molar-refractivity contribution in [3.63, 3.8) is 0 Å². The highest BCUT2D eigenvalue weighted by atomic mass is 16.5. The number of rotatable bonds is 10. The number of benzene rings is 2. The van der Waals surface area contributed by atoms with Gasteiger partial charge in [-0.2, -0.15) is 0 Å². The molecule has 0 saturated heterocycles. The van der Waals surface area contributed by atoms with E-state index in [4.69, 9.17) is 9.47 Å². The monoisotopic (exact) mass is 341 g/mol. The minimum atomic E-state index is 0.538. The molecular weight excluding hydrogens is 310 g/mol. The summed E-state index contributed by atoms with van der Waals surface area (Å²) in [6, 6.07) is 16.6. The van der Waals surface area contributed by atoms with Crippen LogP contribution in [0.15, 0.2) is 48.5 Å². The van der Waals surface area contributed by atoms with E-state index in [1.165, 1.54) is 11.1 Å². The Hall–Kier alpha value is -2.00. The third-order valence-corrected chi connectivity index (χ3v) is 3.72. The molecule has 0 bridgehead atoms. The molecule has 2 rings (SSSR count). The van der Waals surface area contributed by atoms with E-state index in [2.05, 4.69) is 69.4 Å². The molecule has 0 heterocycles. The Balaban J connectivity index is 1.88. The van der Waals surface area contributed by atoms with Gasteiger partial charge in [-0.15, -0.1) is 0 Å². The number of nitrogens with one attached hydrogen (secondary N) is 1. The lowest BCUT2D eigenvalue weighted by molar-refractivity contribution is 0.0974. The van der Waals surface area contributed by atoms with Gasteiger partial charge >= 0.3 is 0 Å². The first kappa shape index (κ1) is 19.3. The molecule has 0 aliphatic rings. The predicted molar refractivity (Wildman–Crippen MR) is 105 cm³/mol. The molecule has 1 N–H and O–H groups in total. The van der Waals surface area contributed by atoms with E-state index in [1.54, 1.807) is 0 Å². The number of hydrogen-bond donors (Lipinski definition) is 1. The highest BCUT2D eigenvalue weighted by Gasteiger charge is 2.04. The standard InChI is InChI=1S/C22H31NO2/c1-17(2)14-24-16-20-7-5-6-8-22(20)23-13-19-9-11-21(12-10-19)25-15-18(3)4/h5-12,17-18,23H,13-16H2,1-4H3. The summed E-state index contributed by atoms with van der Waals surface area (Å²) in [5.41, 5.74) is 3.56. The molecule has 0 aliphatic carbocycles. The summed E-state index contributed by atoms with van der Waals surface area (Å²) in [6.07, 6.45) is 0. The van der Waals surface area contributed by atoms with Crippen molar-refractivity contribution in [1.82, 2.24) is 0 Å². The van der Waals surface area contributed by atoms with E-state index < -0.39 is 0 Å². The van der Waals surface area contributed by atoms with Gasteiger partial charge in [0.2, 0.25) is 0 Å². The molecule has 0 fully saturated rings. The smallest absolute Gasteiger partial charge is 0.119 e. The maximum Gasteiger partial charge on any atom is 0.119 e. The van der Waals surface area contributed by atoms with Crippen LogP contribution in [0.3, 0.4) is 0 Å². The van der Waals surface area contributed by atoms with Crippen molar-refractivity contribution in [3.05, 3.63) is 59.7 Å². The van der Waals surface area contributed by atoms with Crippen molar-refractivity contribution >= 4 is 5.69 Å². The first-order valence-electron chi connectivity index (χ1n) is 9.16. The van der Waals surface area contributed by atoms with Crippen LogP contribution in [0.1, 0.15) is 38.8 Å². The number of hydrogen-bond acceptors (Lipinski definition) is 3. The van der Waals surface area contributed by atoms with Crippen LogP contribution in [0, 0.1) is 11.8 Å². The summed E-state index contributed by atoms with van der Waals surface area (Å²) in [6.45, 7) is 11.6. The maximum absolute atomic E-state index is 5.78. The molecule has 0 radical (unpaired) electrons. The summed E-state index contributed by atoms with van der Waals surface area (Å²) in [7, 11) is 0. The fourth-order valence-corrected chi connectivity index (χ4v) is 2.39. The molecule has 0 saturated carbocycles. The summed E-state index contributed by atoms with van der Waals surface area (Å²) >= 11 is 0. The first-order valence-corrected chi connectivity index (χ1v) is 9.16. The summed E-state index contributed by atoms with van der Waals surface area (Å²) in [5.74, 6) is 2.02. The highest BCUT2D eigenvalue weighted by Crippen LogP contribution is 2.19. The van der Waals surface area contributed by atoms with E-state index in [-0.39, 0.29) is 0 Å². The molecule has 25 heavy (non-hydrogen) atoms. The van der Waals surface area contributed by atoms with E-state index in [0.717, 1.165) is 31.2 Å². The zero-order valence-corrected chi connectivity index (χ0v) is 15.9. The van der Waals surface area contributed by atoms with Crippen molar-refractivity contribution in [2.75, 3.05) is 18.5 Å². The zero-order valence-electron chi connectivity index (χ0n) is 15.9. The topological polar surface area (TPSA) is 30.5 Å². The molecule has 0 amide bonds. The maximum atomic E-state index is 5.78. The molecule has 3 nitrogen and oxygen atoms in total. The fourth-order valence-electron chi connectivity index (χ4n) is 2.39. The van der Waals surface area contributed by atoms with E-state index in [1.807, 2.05) is 12.1 Å². The highest BCUT2D eigenvalue weighted by molar-refractivity contribution is 5.51. The molecule has 0 spiro atoms. The molecule has 0 atom stereocenters. The largest absolute Gasteiger partial charge is 0.493 e. The second kappa shape index (κ2) is 10.1. The average molecular weight is 341 g/mol. The average Bonchev–Trinajstić information content (AvgIpc) is 2.59. The van der Waals surface area contributed by atoms with Crippen LogP contribution >= 0.6 is 0 Å². The normalized spacial score (nSPS) is 11.1. The van der Waals surface area contributed by atoms with Crippen molar-refractivity contribution in [2.45, 2.75) is 40.8 Å². The molecule has 3 heteroatoms. The van der Waals surface area contributed by atoms with Crippen LogP contribution in [0.25, 0.3) is 0 Å². The van der Waals surface area contributed by atoms with Crippen LogP contribution in [0.4, 0.5) is 5.69 Å². The Kier molecular flexibility index (Phi) is 7.80. The minimum absolute atomic E-state index is 0.538. The number of anilines is 1. The summed E-state index contributed by atoms with van der Waals surface area (Å²) in [4.78, 5) is 0. The van der Waals surface area contributed by atoms with Crippen molar-refractivity contribution in [1.29, 1.82) is 0 Å². The lowest BCUT2D eigenvalue weighted by Gasteiger charge is -2.14. The lowest BCUT2D eigenvalue weighted by Crippen LogP contribution is -2.06. The van der Waals surface area contributed by atoms with Gasteiger partial charge in [-0.05, 0) is 35.6 Å². The van der Waals surface area contributed by atoms with Gasteiger partial charge in [-0.3, -0.25) is 0 Å². The summed E-state index contributed by atoms with van der Waals surface area (Å²) < 4.78 is 11.5. The van der Waals surface area contributed by atoms with Crippen LogP contribution in [0.5, 0.6) is 5.75 Å². The van der Waals surface area contributed by atoms with Gasteiger partial charge in [-0.25, -0.2) is 0 Å². The van der Waals surface area contributed by atoms with E-state index in [9.17, 15) is 0 Å². The number of ether oxygens (including phenoxy) is 2. The van der Waals surface area contributed by atoms with Crippen LogP contribution in [-0.4, -0.2) is 13.2 Å². The number of para-hydroxylation sites is 1. The molecule has 2 aromatic rings. The van der Waals surface area contributed by atoms with Crippen molar-refractivity contribution in [3.8, 4) is 5.75 Å². The second-order valence-electron chi connectivity index (χ2n) is 7.27. The predicted octanol–water partition coefficient (Wildman–Crippen LogP) is 5.51. The Morgan fingerprint density at radius 3 is 2.20 bits per heavy atom. The Morgan fingerprint density at radius 2 is 1.52 bits per heavy atom. The first-order chi connectivity index (χ1) is 12.0. The molecule has 0 unspecified atom stereocenters. The third kappa shape index (κ3) is 7.18. The van der Waals surface area contributed by atoms with Crippen molar-refractivity contribution < 1.29 is 9.47 Å². The van der Waals surface area contributed by atoms with Gasteiger partial charge in [0.25, 0.3) is 0 Å². The van der Waals surface area contributed by atoms with Crippen LogP contribution in [0.2, 0.25) is 0 Å². The van der Waals surface area contributed by atoms with Gasteiger partial charge in [0.15, 0.2) is 0 Å². The minimum Gasteiger partial charge on any atom is -0.493 e. The van der Waals surface area contributed by atoms with Crippen molar-refractivity contribution in [2.24, 2.45) is 11.8 Å². The molecule has 0 aliphatic heterocycles. The van der Waals surface area contributed by atoms with E-state index in [0.29, 0.717) is 18.4 Å². The lowest BCUT2D eigenvalue weighted by atomic mass is 10.1. The van der Waals surface area contributed by atoms with Gasteiger partial charge in [0.1, 0.15) is 5.75 Å². The molecule has 0 aromatic heterocycles.